The van der Waals surface area contributed by atoms with Gasteiger partial charge in [-0.05, 0) is 67.9 Å². The van der Waals surface area contributed by atoms with Gasteiger partial charge >= 0.3 is 0 Å². The minimum atomic E-state index is -1.55. The Bertz CT molecular complexity index is 917. The van der Waals surface area contributed by atoms with E-state index in [1.54, 1.807) is 5.57 Å². The number of carboxylic acid groups (broad SMARTS) is 2. The number of fused-ring (bicyclic) bond motifs is 1. The number of carboxylic acids is 2. The fourth-order valence-electron chi connectivity index (χ4n) is 3.49. The van der Waals surface area contributed by atoms with E-state index in [2.05, 4.69) is 67.3 Å². The summed E-state index contributed by atoms with van der Waals surface area (Å²) in [5.74, 6) is -2.74. The monoisotopic (exact) mass is 406 g/mol. The normalized spacial score (nSPS) is 13.7. The molecule has 0 amide bonds. The van der Waals surface area contributed by atoms with E-state index in [1.165, 1.54) is 16.7 Å². The van der Waals surface area contributed by atoms with Crippen molar-refractivity contribution in [3.05, 3.63) is 83.2 Å². The summed E-state index contributed by atoms with van der Waals surface area (Å²) >= 11 is 0. The van der Waals surface area contributed by atoms with Crippen LogP contribution in [0.4, 0.5) is 0 Å². The highest BCUT2D eigenvalue weighted by Crippen LogP contribution is 2.42. The largest absolute Gasteiger partial charge is 0.545 e. The summed E-state index contributed by atoms with van der Waals surface area (Å²) in [6.45, 7) is 3.39. The molecule has 1 heterocycles. The fraction of sp³-hybridized carbons (Fsp3) is 0.292. The van der Waals surface area contributed by atoms with Crippen LogP contribution in [0.15, 0.2) is 66.4 Å². The summed E-state index contributed by atoms with van der Waals surface area (Å²) in [7, 11) is 4.29. The first-order valence-electron chi connectivity index (χ1n) is 9.75. The Hall–Kier alpha value is -3.25. The van der Waals surface area contributed by atoms with Gasteiger partial charge in [0.25, 0.3) is 0 Å². The Morgan fingerprint density at radius 3 is 2.27 bits per heavy atom. The maximum absolute atomic E-state index is 9.41. The number of nitrogens with zero attached hydrogens (tertiary/aromatic N) is 2. The SMILES string of the molecule is CC(C1=C(CCN(C)C)Cc2ccccc21)c1ccccn1.O=C([O-])/C=C\C(=O)[O-]. The van der Waals surface area contributed by atoms with Gasteiger partial charge in [-0.3, -0.25) is 4.98 Å². The van der Waals surface area contributed by atoms with E-state index in [9.17, 15) is 19.8 Å². The maximum Gasteiger partial charge on any atom is 0.0643 e. The van der Waals surface area contributed by atoms with E-state index >= 15 is 0 Å². The topological polar surface area (TPSA) is 96.4 Å². The maximum atomic E-state index is 9.41. The minimum absolute atomic E-state index is 0.349. The van der Waals surface area contributed by atoms with Crippen LogP contribution >= 0.6 is 0 Å². The Morgan fingerprint density at radius 1 is 1.07 bits per heavy atom. The van der Waals surface area contributed by atoms with Crippen molar-refractivity contribution in [1.29, 1.82) is 0 Å². The zero-order valence-electron chi connectivity index (χ0n) is 17.5. The van der Waals surface area contributed by atoms with Gasteiger partial charge in [0.15, 0.2) is 0 Å². The van der Waals surface area contributed by atoms with Crippen LogP contribution < -0.4 is 10.2 Å². The molecule has 6 nitrogen and oxygen atoms in total. The van der Waals surface area contributed by atoms with E-state index in [-0.39, 0.29) is 0 Å². The second-order valence-corrected chi connectivity index (χ2v) is 7.35. The molecule has 1 aliphatic carbocycles. The molecule has 1 aromatic carbocycles. The molecule has 0 saturated carbocycles. The van der Waals surface area contributed by atoms with Crippen molar-refractivity contribution in [2.45, 2.75) is 25.7 Å². The molecule has 1 aliphatic rings. The number of carbonyl (C=O) groups excluding carboxylic acids is 2. The number of hydrogen-bond acceptors (Lipinski definition) is 6. The van der Waals surface area contributed by atoms with E-state index in [0.717, 1.165) is 25.1 Å². The Kier molecular flexibility index (Phi) is 8.50. The third-order valence-corrected chi connectivity index (χ3v) is 4.87. The van der Waals surface area contributed by atoms with Gasteiger partial charge in [0.2, 0.25) is 0 Å². The summed E-state index contributed by atoms with van der Waals surface area (Å²) < 4.78 is 0. The summed E-state index contributed by atoms with van der Waals surface area (Å²) in [6, 6.07) is 15.0. The molecule has 2 aromatic rings. The van der Waals surface area contributed by atoms with Gasteiger partial charge in [-0.2, -0.15) is 0 Å². The molecule has 0 saturated heterocycles. The van der Waals surface area contributed by atoms with Crippen LogP contribution in [0.3, 0.4) is 0 Å². The molecule has 0 radical (unpaired) electrons. The number of aliphatic carboxylic acids is 2. The first kappa shape index (κ1) is 23.0. The smallest absolute Gasteiger partial charge is 0.0643 e. The van der Waals surface area contributed by atoms with Crippen molar-refractivity contribution >= 4 is 17.5 Å². The lowest BCUT2D eigenvalue weighted by Crippen LogP contribution is -2.23. The zero-order valence-corrected chi connectivity index (χ0v) is 17.5. The molecule has 0 spiro atoms. The van der Waals surface area contributed by atoms with Gasteiger partial charge < -0.3 is 24.7 Å². The van der Waals surface area contributed by atoms with Gasteiger partial charge in [0.1, 0.15) is 0 Å². The van der Waals surface area contributed by atoms with E-state index in [4.69, 9.17) is 0 Å². The quantitative estimate of drug-likeness (QED) is 0.641. The molecule has 0 fully saturated rings. The average Bonchev–Trinajstić information content (AvgIpc) is 3.09. The lowest BCUT2D eigenvalue weighted by atomic mass is 9.89. The highest BCUT2D eigenvalue weighted by molar-refractivity contribution is 5.87. The molecule has 3 rings (SSSR count). The molecule has 0 bridgehead atoms. The Balaban J connectivity index is 0.000000343. The van der Waals surface area contributed by atoms with Gasteiger partial charge in [0, 0.05) is 24.4 Å². The number of benzene rings is 1. The van der Waals surface area contributed by atoms with Gasteiger partial charge in [0.05, 0.1) is 11.9 Å². The predicted octanol–water partition coefficient (Wildman–Crippen LogP) is 1.19. The lowest BCUT2D eigenvalue weighted by molar-refractivity contribution is -0.301. The molecule has 1 aromatic heterocycles. The van der Waals surface area contributed by atoms with Gasteiger partial charge in [-0.25, -0.2) is 0 Å². The molecule has 1 atom stereocenters. The third-order valence-electron chi connectivity index (χ3n) is 4.87. The number of allylic oxidation sites excluding steroid dienone is 1. The number of hydrogen-bond donors (Lipinski definition) is 0. The highest BCUT2D eigenvalue weighted by atomic mass is 16.4. The van der Waals surface area contributed by atoms with Crippen LogP contribution in [0.25, 0.3) is 5.57 Å². The van der Waals surface area contributed by atoms with Crippen molar-refractivity contribution in [3.8, 4) is 0 Å². The van der Waals surface area contributed by atoms with Crippen LogP contribution in [-0.4, -0.2) is 42.5 Å². The second kappa shape index (κ2) is 11.1. The summed E-state index contributed by atoms with van der Waals surface area (Å²) in [5, 5.41) is 18.8. The second-order valence-electron chi connectivity index (χ2n) is 7.35. The first-order valence-corrected chi connectivity index (χ1v) is 9.75. The number of rotatable bonds is 7. The van der Waals surface area contributed by atoms with Gasteiger partial charge in [-0.1, -0.05) is 42.8 Å². The van der Waals surface area contributed by atoms with Crippen LogP contribution in [0, 0.1) is 0 Å². The number of aromatic nitrogens is 1. The molecule has 1 unspecified atom stereocenters. The molecule has 0 N–H and O–H groups in total. The van der Waals surface area contributed by atoms with Crippen molar-refractivity contribution in [2.75, 3.05) is 20.6 Å². The molecule has 0 aliphatic heterocycles. The van der Waals surface area contributed by atoms with Crippen LogP contribution in [0.1, 0.15) is 36.1 Å². The van der Waals surface area contributed by atoms with Gasteiger partial charge in [-0.15, -0.1) is 0 Å². The third kappa shape index (κ3) is 6.67. The van der Waals surface area contributed by atoms with Crippen LogP contribution in [0.5, 0.6) is 0 Å². The van der Waals surface area contributed by atoms with Crippen molar-refractivity contribution in [2.24, 2.45) is 0 Å². The molecule has 6 heteroatoms. The van der Waals surface area contributed by atoms with Crippen LogP contribution in [0.2, 0.25) is 0 Å². The van der Waals surface area contributed by atoms with Crippen molar-refractivity contribution < 1.29 is 19.8 Å². The summed E-state index contributed by atoms with van der Waals surface area (Å²) in [5.41, 5.74) is 7.13. The fourth-order valence-corrected chi connectivity index (χ4v) is 3.49. The molecular formula is C24H26N2O4-2. The standard InChI is InChI=1S/C20H24N2.C4H4O4/c1-15(19-10-6-7-12-21-19)20-17(11-13-22(2)3)14-16-8-4-5-9-18(16)20;5-3(6)1-2-4(7)8/h4-10,12,15H,11,13-14H2,1-3H3;1-2H,(H,5,6)(H,7,8)/p-2/b;2-1-. The van der Waals surface area contributed by atoms with Crippen molar-refractivity contribution in [3.63, 3.8) is 0 Å². The predicted molar refractivity (Wildman–Crippen MR) is 112 cm³/mol. The lowest BCUT2D eigenvalue weighted by Gasteiger charge is -2.18. The average molecular weight is 406 g/mol. The first-order chi connectivity index (χ1) is 14.3. The van der Waals surface area contributed by atoms with E-state index < -0.39 is 11.9 Å². The highest BCUT2D eigenvalue weighted by Gasteiger charge is 2.26. The number of pyridine rings is 1. The Morgan fingerprint density at radius 2 is 1.70 bits per heavy atom. The van der Waals surface area contributed by atoms with Crippen LogP contribution in [-0.2, 0) is 16.0 Å². The van der Waals surface area contributed by atoms with E-state index in [0.29, 0.717) is 18.1 Å². The molecular weight excluding hydrogens is 380 g/mol. The molecule has 158 valence electrons. The van der Waals surface area contributed by atoms with E-state index in [1.807, 2.05) is 12.3 Å². The Labute approximate surface area is 177 Å². The zero-order chi connectivity index (χ0) is 22.1. The molecule has 30 heavy (non-hydrogen) atoms. The van der Waals surface area contributed by atoms with Crippen molar-refractivity contribution in [1.82, 2.24) is 9.88 Å². The summed E-state index contributed by atoms with van der Waals surface area (Å²) in [4.78, 5) is 25.7. The summed E-state index contributed by atoms with van der Waals surface area (Å²) in [6.07, 6.45) is 4.89. The number of carbonyl (C=O) groups is 2. The minimum Gasteiger partial charge on any atom is -0.545 e.